The van der Waals surface area contributed by atoms with Crippen LogP contribution in [-0.4, -0.2) is 52.2 Å². The Balaban J connectivity index is 0.892. The molecule has 330 valence electrons. The molecule has 1 amide bonds. The monoisotopic (exact) mass is 868 g/mol. The molecule has 0 aliphatic heterocycles. The molecule has 5 aromatic rings. The van der Waals surface area contributed by atoms with Gasteiger partial charge in [-0.15, -0.1) is 0 Å². The number of carboxylic acid groups (broad SMARTS) is 1. The molecule has 1 spiro atoms. The summed E-state index contributed by atoms with van der Waals surface area (Å²) in [5.41, 5.74) is 7.93. The first kappa shape index (κ1) is 44.2. The molecule has 0 saturated heterocycles. The van der Waals surface area contributed by atoms with Crippen molar-refractivity contribution in [1.82, 2.24) is 15.3 Å². The maximum atomic E-state index is 13.1. The van der Waals surface area contributed by atoms with Crippen molar-refractivity contribution in [3.63, 3.8) is 0 Å². The Morgan fingerprint density at radius 3 is 2.59 bits per heavy atom. The van der Waals surface area contributed by atoms with E-state index in [0.717, 1.165) is 79.7 Å². The van der Waals surface area contributed by atoms with Crippen molar-refractivity contribution in [2.75, 3.05) is 25.1 Å². The van der Waals surface area contributed by atoms with Crippen LogP contribution in [-0.2, 0) is 34.3 Å². The average molecular weight is 870 g/mol. The molecule has 3 aromatic carbocycles. The van der Waals surface area contributed by atoms with Gasteiger partial charge in [-0.2, -0.15) is 0 Å². The van der Waals surface area contributed by atoms with E-state index in [2.05, 4.69) is 83.0 Å². The number of anilines is 1. The first-order valence-corrected chi connectivity index (χ1v) is 23.4. The fourth-order valence-corrected chi connectivity index (χ4v) is 10.8. The summed E-state index contributed by atoms with van der Waals surface area (Å²) in [5.74, 6) is 2.00. The molecule has 1 saturated carbocycles. The predicted octanol–water partition coefficient (Wildman–Crippen LogP) is 11.2. The van der Waals surface area contributed by atoms with Gasteiger partial charge in [-0.3, -0.25) is 14.8 Å². The van der Waals surface area contributed by atoms with Crippen molar-refractivity contribution < 1.29 is 24.2 Å². The lowest BCUT2D eigenvalue weighted by molar-refractivity contribution is -0.144. The van der Waals surface area contributed by atoms with Crippen LogP contribution >= 0.6 is 11.6 Å². The summed E-state index contributed by atoms with van der Waals surface area (Å²) in [4.78, 5) is 34.8. The van der Waals surface area contributed by atoms with Crippen molar-refractivity contribution in [3.05, 3.63) is 136 Å². The second kappa shape index (κ2) is 20.0. The van der Waals surface area contributed by atoms with Crippen LogP contribution in [0.5, 0.6) is 11.5 Å². The number of rotatable bonds is 18. The van der Waals surface area contributed by atoms with Gasteiger partial charge in [-0.05, 0) is 171 Å². The van der Waals surface area contributed by atoms with E-state index in [0.29, 0.717) is 62.3 Å². The van der Waals surface area contributed by atoms with Gasteiger partial charge in [-0.25, -0.2) is 4.79 Å². The van der Waals surface area contributed by atoms with E-state index in [4.69, 9.17) is 21.1 Å². The zero-order valence-corrected chi connectivity index (χ0v) is 37.5. The van der Waals surface area contributed by atoms with E-state index in [1.807, 2.05) is 36.7 Å². The minimum Gasteiger partial charge on any atom is -0.494 e. The topological polar surface area (TPSA) is 123 Å². The third kappa shape index (κ3) is 10.4. The lowest BCUT2D eigenvalue weighted by Gasteiger charge is -2.47. The maximum Gasteiger partial charge on any atom is 0.329 e. The number of carbonyl (C=O) groups is 2. The Kier molecular flexibility index (Phi) is 14.0. The number of carboxylic acids is 1. The molecule has 2 heterocycles. The summed E-state index contributed by atoms with van der Waals surface area (Å²) in [6, 6.07) is 28.3. The highest BCUT2D eigenvalue weighted by atomic mass is 35.5. The zero-order chi connectivity index (χ0) is 43.8. The van der Waals surface area contributed by atoms with Crippen LogP contribution in [0.15, 0.2) is 104 Å². The number of aliphatic carboxylic acids is 1. The summed E-state index contributed by atoms with van der Waals surface area (Å²) >= 11 is 6.32. The zero-order valence-electron chi connectivity index (χ0n) is 36.7. The molecule has 10 heteroatoms. The van der Waals surface area contributed by atoms with Crippen LogP contribution in [0.3, 0.4) is 0 Å². The van der Waals surface area contributed by atoms with Crippen LogP contribution in [0.2, 0.25) is 5.02 Å². The van der Waals surface area contributed by atoms with Crippen LogP contribution in [0, 0.1) is 11.8 Å². The number of aromatic nitrogens is 2. The normalized spacial score (nSPS) is 21.8. The van der Waals surface area contributed by atoms with E-state index in [1.54, 1.807) is 18.3 Å². The Labute approximate surface area is 377 Å². The lowest BCUT2D eigenvalue weighted by Crippen LogP contribution is -2.53. The first-order chi connectivity index (χ1) is 30.6. The number of benzene rings is 3. The maximum absolute atomic E-state index is 13.1. The van der Waals surface area contributed by atoms with Crippen molar-refractivity contribution in [1.29, 1.82) is 0 Å². The number of hydrogen-bond acceptors (Lipinski definition) is 7. The van der Waals surface area contributed by atoms with Gasteiger partial charge in [0.1, 0.15) is 17.0 Å². The van der Waals surface area contributed by atoms with Gasteiger partial charge < -0.3 is 25.2 Å². The number of fused-ring (bicyclic) bond motifs is 3. The highest BCUT2D eigenvalue weighted by molar-refractivity contribution is 6.30. The molecule has 2 aromatic heterocycles. The molecule has 1 unspecified atom stereocenters. The highest BCUT2D eigenvalue weighted by Gasteiger charge is 2.54. The van der Waals surface area contributed by atoms with E-state index in [1.165, 1.54) is 34.4 Å². The fourth-order valence-electron chi connectivity index (χ4n) is 10.6. The SMILES string of the molecule is C[C@@H](COc1ccnc2c1[C@H](C)CCC2)CC1Cc2ccc(OCCCC(=O)NCCCc3cccc(-c4cccnc4)c3)cc2C12CCC(Nc1cccc(Cl)c1)(C(=O)O)CC2. The van der Waals surface area contributed by atoms with E-state index in [-0.39, 0.29) is 17.2 Å². The fraction of sp³-hybridized carbons (Fsp3) is 0.434. The molecule has 3 aliphatic carbocycles. The molecular weight excluding hydrogens is 808 g/mol. The molecule has 63 heavy (non-hydrogen) atoms. The van der Waals surface area contributed by atoms with Crippen LogP contribution in [0.1, 0.15) is 112 Å². The number of ether oxygens (including phenoxy) is 2. The molecule has 3 aliphatic rings. The molecule has 3 N–H and O–H groups in total. The smallest absolute Gasteiger partial charge is 0.329 e. The van der Waals surface area contributed by atoms with Gasteiger partial charge in [0.2, 0.25) is 5.91 Å². The van der Waals surface area contributed by atoms with Gasteiger partial charge >= 0.3 is 5.97 Å². The lowest BCUT2D eigenvalue weighted by atomic mass is 9.59. The number of aryl methyl sites for hydroxylation is 2. The van der Waals surface area contributed by atoms with E-state index >= 15 is 0 Å². The molecule has 3 atom stereocenters. The largest absolute Gasteiger partial charge is 0.494 e. The molecule has 8 rings (SSSR count). The molecular formula is C53H61ClN4O5. The minimum absolute atomic E-state index is 0.0328. The summed E-state index contributed by atoms with van der Waals surface area (Å²) in [7, 11) is 0. The van der Waals surface area contributed by atoms with Gasteiger partial charge in [0.05, 0.1) is 13.2 Å². The quantitative estimate of drug-likeness (QED) is 0.0744. The summed E-state index contributed by atoms with van der Waals surface area (Å²) in [6.07, 6.45) is 15.9. The van der Waals surface area contributed by atoms with Gasteiger partial charge in [-0.1, -0.05) is 67.9 Å². The molecule has 1 fully saturated rings. The molecule has 0 bridgehead atoms. The predicted molar refractivity (Wildman–Crippen MR) is 250 cm³/mol. The summed E-state index contributed by atoms with van der Waals surface area (Å²) < 4.78 is 13.0. The Morgan fingerprint density at radius 2 is 1.78 bits per heavy atom. The average Bonchev–Trinajstić information content (AvgIpc) is 3.57. The van der Waals surface area contributed by atoms with E-state index < -0.39 is 11.5 Å². The Morgan fingerprint density at radius 1 is 0.937 bits per heavy atom. The second-order valence-electron chi connectivity index (χ2n) is 18.4. The standard InChI is InChI=1S/C53H61ClN4O5/c1-36(35-63-48-20-27-56-47-16-3-9-37(2)50(47)48)29-42-31-40-18-19-45(33-46(40)52(42)21-23-53(24-22-52,51(60)61)58-44-15-5-14-43(54)32-44)62-28-8-17-49(59)57-26-6-11-38-10-4-12-39(30-38)41-13-7-25-55-34-41/h4-5,7,10,12-15,18-20,25,27,30,32-34,36-37,42,58H,3,6,8-9,11,16-17,21-24,26,28-29,31,35H2,1-2H3,(H,57,59)(H,60,61)/t36-,37-,42?,52?,53?/m1/s1. The third-order valence-corrected chi connectivity index (χ3v) is 14.2. The van der Waals surface area contributed by atoms with Crippen molar-refractivity contribution in [2.45, 2.75) is 114 Å². The highest BCUT2D eigenvalue weighted by Crippen LogP contribution is 2.57. The third-order valence-electron chi connectivity index (χ3n) is 14.0. The second-order valence-corrected chi connectivity index (χ2v) is 18.8. The summed E-state index contributed by atoms with van der Waals surface area (Å²) in [5, 5.41) is 17.8. The number of halogens is 1. The van der Waals surface area contributed by atoms with Gasteiger partial charge in [0, 0.05) is 53.5 Å². The Hall–Kier alpha value is -5.41. The van der Waals surface area contributed by atoms with E-state index in [9.17, 15) is 14.7 Å². The minimum atomic E-state index is -1.10. The Bertz CT molecular complexity index is 2360. The van der Waals surface area contributed by atoms with Crippen molar-refractivity contribution >= 4 is 29.2 Å². The van der Waals surface area contributed by atoms with Gasteiger partial charge in [0.15, 0.2) is 0 Å². The number of amides is 1. The number of nitrogens with zero attached hydrogens (tertiary/aromatic N) is 2. The number of hydrogen-bond donors (Lipinski definition) is 3. The number of carbonyl (C=O) groups excluding carboxylic acids is 1. The van der Waals surface area contributed by atoms with Crippen molar-refractivity contribution in [2.24, 2.45) is 11.8 Å². The first-order valence-electron chi connectivity index (χ1n) is 23.0. The van der Waals surface area contributed by atoms with Crippen LogP contribution in [0.25, 0.3) is 11.1 Å². The summed E-state index contributed by atoms with van der Waals surface area (Å²) in [6.45, 7) is 6.23. The van der Waals surface area contributed by atoms with Crippen LogP contribution in [0.4, 0.5) is 5.69 Å². The molecule has 9 nitrogen and oxygen atoms in total. The number of pyridine rings is 2. The van der Waals surface area contributed by atoms with Gasteiger partial charge in [0.25, 0.3) is 0 Å². The van der Waals surface area contributed by atoms with Crippen molar-refractivity contribution in [3.8, 4) is 22.6 Å². The molecule has 0 radical (unpaired) electrons. The number of nitrogens with one attached hydrogen (secondary N) is 2. The van der Waals surface area contributed by atoms with Crippen LogP contribution < -0.4 is 20.1 Å².